The van der Waals surface area contributed by atoms with Crippen LogP contribution in [-0.2, 0) is 0 Å². The Bertz CT molecular complexity index is 1010. The maximum atomic E-state index is 10.0. The van der Waals surface area contributed by atoms with Crippen LogP contribution in [0, 0.1) is 0 Å². The molecule has 0 unspecified atom stereocenters. The highest BCUT2D eigenvalue weighted by Crippen LogP contribution is 2.41. The first-order valence-electron chi connectivity index (χ1n) is 8.65. The lowest BCUT2D eigenvalue weighted by molar-refractivity contribution is 0.225. The Morgan fingerprint density at radius 2 is 1.93 bits per heavy atom. The lowest BCUT2D eigenvalue weighted by atomic mass is 10.1. The van der Waals surface area contributed by atoms with Crippen molar-refractivity contribution < 1.29 is 9.84 Å². The van der Waals surface area contributed by atoms with E-state index in [0.29, 0.717) is 25.7 Å². The van der Waals surface area contributed by atoms with Crippen molar-refractivity contribution in [3.8, 4) is 22.9 Å². The highest BCUT2D eigenvalue weighted by atomic mass is 79.9. The summed E-state index contributed by atoms with van der Waals surface area (Å²) in [5.41, 5.74) is 3.17. The summed E-state index contributed by atoms with van der Waals surface area (Å²) in [6, 6.07) is 11.4. The van der Waals surface area contributed by atoms with E-state index in [1.165, 1.54) is 0 Å². The number of nitrogens with one attached hydrogen (secondary N) is 1. The number of anilines is 1. The molecule has 1 atom stereocenters. The van der Waals surface area contributed by atoms with Crippen LogP contribution < -0.4 is 10.1 Å². The Hall–Kier alpha value is -1.84. The number of hydrogen-bond donors (Lipinski definition) is 2. The molecule has 1 aliphatic rings. The fourth-order valence-corrected chi connectivity index (χ4v) is 4.64. The van der Waals surface area contributed by atoms with Crippen LogP contribution in [-0.4, -0.2) is 26.0 Å². The van der Waals surface area contributed by atoms with Gasteiger partial charge in [0.25, 0.3) is 0 Å². The van der Waals surface area contributed by atoms with Crippen molar-refractivity contribution in [3.05, 3.63) is 50.9 Å². The Labute approximate surface area is 183 Å². The van der Waals surface area contributed by atoms with Crippen molar-refractivity contribution >= 4 is 49.3 Å². The minimum absolute atomic E-state index is 0.139. The van der Waals surface area contributed by atoms with Gasteiger partial charge in [0, 0.05) is 22.6 Å². The number of rotatable bonds is 4. The average molecular weight is 524 g/mol. The number of ether oxygens (including phenoxy) is 1. The number of fused-ring (bicyclic) bond motifs is 3. The van der Waals surface area contributed by atoms with E-state index >= 15 is 0 Å². The van der Waals surface area contributed by atoms with E-state index in [1.807, 2.05) is 36.4 Å². The van der Waals surface area contributed by atoms with Crippen molar-refractivity contribution in [1.29, 1.82) is 0 Å². The highest BCUT2D eigenvalue weighted by Gasteiger charge is 2.26. The fourth-order valence-electron chi connectivity index (χ4n) is 2.79. The number of aromatic hydroxyl groups is 1. The van der Waals surface area contributed by atoms with E-state index in [2.05, 4.69) is 59.3 Å². The van der Waals surface area contributed by atoms with E-state index in [4.69, 9.17) is 4.74 Å². The lowest BCUT2D eigenvalue weighted by Gasteiger charge is -2.20. The van der Waals surface area contributed by atoms with Gasteiger partial charge in [-0.15, -0.1) is 10.2 Å². The van der Waals surface area contributed by atoms with Gasteiger partial charge in [0.2, 0.25) is 11.0 Å². The molecule has 0 bridgehead atoms. The number of halogens is 2. The standard InChI is InChI=1S/C19H16Br2N4O2S/c1-2-7-28-19-23-18-15(24-25-19)11-5-3-4-6-14(11)22-17(27-18)10-8-12(20)16(26)13(21)9-10/h3-6,8-9,17,22,26H,2,7H2,1H3/t17-/m1/s1. The third-order valence-electron chi connectivity index (χ3n) is 4.11. The van der Waals surface area contributed by atoms with Gasteiger partial charge in [-0.3, -0.25) is 0 Å². The largest absolute Gasteiger partial charge is 0.506 e. The zero-order valence-electron chi connectivity index (χ0n) is 14.8. The molecule has 2 aromatic carbocycles. The third kappa shape index (κ3) is 3.83. The van der Waals surface area contributed by atoms with Crippen molar-refractivity contribution in [2.45, 2.75) is 24.7 Å². The fraction of sp³-hybridized carbons (Fsp3) is 0.211. The van der Waals surface area contributed by atoms with Crippen molar-refractivity contribution in [2.24, 2.45) is 0 Å². The van der Waals surface area contributed by atoms with Gasteiger partial charge >= 0.3 is 0 Å². The molecule has 0 amide bonds. The maximum Gasteiger partial charge on any atom is 0.247 e. The zero-order chi connectivity index (χ0) is 19.7. The summed E-state index contributed by atoms with van der Waals surface area (Å²) in [7, 11) is 0. The minimum Gasteiger partial charge on any atom is -0.506 e. The normalized spacial score (nSPS) is 15.0. The molecule has 2 heterocycles. The number of phenols is 1. The highest BCUT2D eigenvalue weighted by molar-refractivity contribution is 9.11. The van der Waals surface area contributed by atoms with Crippen LogP contribution in [0.15, 0.2) is 50.5 Å². The Morgan fingerprint density at radius 1 is 1.18 bits per heavy atom. The van der Waals surface area contributed by atoms with E-state index in [9.17, 15) is 5.11 Å². The van der Waals surface area contributed by atoms with E-state index in [0.717, 1.165) is 29.0 Å². The van der Waals surface area contributed by atoms with Gasteiger partial charge in [-0.2, -0.15) is 4.98 Å². The predicted octanol–water partition coefficient (Wildman–Crippen LogP) is 5.77. The van der Waals surface area contributed by atoms with Crippen LogP contribution in [0.2, 0.25) is 0 Å². The van der Waals surface area contributed by atoms with Crippen molar-refractivity contribution in [1.82, 2.24) is 15.2 Å². The van der Waals surface area contributed by atoms with E-state index in [1.54, 1.807) is 11.8 Å². The van der Waals surface area contributed by atoms with E-state index in [-0.39, 0.29) is 5.75 Å². The molecule has 2 N–H and O–H groups in total. The number of aromatic nitrogens is 3. The number of thioether (sulfide) groups is 1. The van der Waals surface area contributed by atoms with Crippen molar-refractivity contribution in [3.63, 3.8) is 0 Å². The molecule has 4 rings (SSSR count). The average Bonchev–Trinajstić information content (AvgIpc) is 2.86. The molecule has 3 aromatic rings. The van der Waals surface area contributed by atoms with Gasteiger partial charge in [0.15, 0.2) is 11.9 Å². The monoisotopic (exact) mass is 522 g/mol. The molecular formula is C19H16Br2N4O2S. The molecule has 0 fully saturated rings. The second-order valence-electron chi connectivity index (χ2n) is 6.12. The van der Waals surface area contributed by atoms with E-state index < -0.39 is 6.23 Å². The van der Waals surface area contributed by atoms with Gasteiger partial charge in [-0.05, 0) is 56.5 Å². The van der Waals surface area contributed by atoms with Gasteiger partial charge in [-0.1, -0.05) is 36.9 Å². The second-order valence-corrected chi connectivity index (χ2v) is 8.89. The maximum absolute atomic E-state index is 10.0. The topological polar surface area (TPSA) is 80.2 Å². The molecule has 0 saturated carbocycles. The summed E-state index contributed by atoms with van der Waals surface area (Å²) >= 11 is 8.32. The van der Waals surface area contributed by atoms with Gasteiger partial charge in [-0.25, -0.2) is 0 Å². The molecule has 144 valence electrons. The number of nitrogens with zero attached hydrogens (tertiary/aromatic N) is 3. The Morgan fingerprint density at radius 3 is 2.68 bits per heavy atom. The molecule has 0 spiro atoms. The molecule has 0 saturated heterocycles. The summed E-state index contributed by atoms with van der Waals surface area (Å²) in [5, 5.41) is 22.7. The molecule has 1 aliphatic heterocycles. The first kappa shape index (κ1) is 19.5. The molecule has 28 heavy (non-hydrogen) atoms. The molecular weight excluding hydrogens is 508 g/mol. The van der Waals surface area contributed by atoms with Crippen LogP contribution in [0.1, 0.15) is 25.1 Å². The molecule has 1 aromatic heterocycles. The van der Waals surface area contributed by atoms with Gasteiger partial charge in [0.1, 0.15) is 5.75 Å². The zero-order valence-corrected chi connectivity index (χ0v) is 18.8. The van der Waals surface area contributed by atoms with Crippen molar-refractivity contribution in [2.75, 3.05) is 11.1 Å². The summed E-state index contributed by atoms with van der Waals surface area (Å²) in [6.45, 7) is 2.11. The quantitative estimate of drug-likeness (QED) is 0.420. The van der Waals surface area contributed by atoms with Crippen LogP contribution in [0.5, 0.6) is 11.6 Å². The Kier molecular flexibility index (Phi) is 5.75. The molecule has 0 aliphatic carbocycles. The summed E-state index contributed by atoms with van der Waals surface area (Å²) in [4.78, 5) is 4.60. The molecule has 9 heteroatoms. The summed E-state index contributed by atoms with van der Waals surface area (Å²) in [5.74, 6) is 1.48. The van der Waals surface area contributed by atoms with Crippen LogP contribution in [0.4, 0.5) is 5.69 Å². The van der Waals surface area contributed by atoms with Gasteiger partial charge < -0.3 is 15.2 Å². The summed E-state index contributed by atoms with van der Waals surface area (Å²) < 4.78 is 7.37. The summed E-state index contributed by atoms with van der Waals surface area (Å²) in [6.07, 6.45) is 0.505. The number of phenolic OH excluding ortho intramolecular Hbond substituents is 1. The smallest absolute Gasteiger partial charge is 0.247 e. The van der Waals surface area contributed by atoms with Crippen LogP contribution in [0.25, 0.3) is 11.3 Å². The first-order chi connectivity index (χ1) is 13.6. The number of hydrogen-bond acceptors (Lipinski definition) is 7. The molecule has 0 radical (unpaired) electrons. The van der Waals surface area contributed by atoms with Crippen LogP contribution in [0.3, 0.4) is 0 Å². The number of benzene rings is 2. The number of para-hydroxylation sites is 1. The first-order valence-corrected chi connectivity index (χ1v) is 11.2. The van der Waals surface area contributed by atoms with Gasteiger partial charge in [0.05, 0.1) is 8.95 Å². The van der Waals surface area contributed by atoms with Crippen LogP contribution >= 0.6 is 43.6 Å². The minimum atomic E-state index is -0.517. The molecule has 6 nitrogen and oxygen atoms in total. The lowest BCUT2D eigenvalue weighted by Crippen LogP contribution is -2.17. The Balaban J connectivity index is 1.81. The third-order valence-corrected chi connectivity index (χ3v) is 6.36. The second kappa shape index (κ2) is 8.26. The predicted molar refractivity (Wildman–Crippen MR) is 117 cm³/mol. The SMILES string of the molecule is CCCSc1nnc2c(n1)O[C@H](c1cc(Br)c(O)c(Br)c1)Nc1ccccc1-2.